The van der Waals surface area contributed by atoms with Crippen LogP contribution in [0.5, 0.6) is 0 Å². The smallest absolute Gasteiger partial charge is 0.0900 e. The van der Waals surface area contributed by atoms with Crippen LogP contribution >= 0.6 is 11.3 Å². The van der Waals surface area contributed by atoms with Gasteiger partial charge in [-0.1, -0.05) is 45.4 Å². The summed E-state index contributed by atoms with van der Waals surface area (Å²) in [6, 6.07) is 0.201. The molecule has 98 valence electrons. The first-order valence-electron chi connectivity index (χ1n) is 6.84. The normalized spacial score (nSPS) is 12.9. The molecule has 0 saturated heterocycles. The third-order valence-corrected chi connectivity index (χ3v) is 4.35. The summed E-state index contributed by atoms with van der Waals surface area (Å²) in [5, 5.41) is 1.14. The second kappa shape index (κ2) is 7.83. The maximum atomic E-state index is 6.22. The van der Waals surface area contributed by atoms with E-state index < -0.39 is 0 Å². The monoisotopic (exact) mass is 254 g/mol. The van der Waals surface area contributed by atoms with Gasteiger partial charge >= 0.3 is 0 Å². The standard InChI is InChI=1S/C14H26N2S/c1-4-5-6-7-8-9-10-13(15)14-11(2)16-12(3)17-14/h13H,4-10,15H2,1-3H3. The second-order valence-corrected chi connectivity index (χ2v) is 6.08. The Hall–Kier alpha value is -0.410. The summed E-state index contributed by atoms with van der Waals surface area (Å²) < 4.78 is 0. The topological polar surface area (TPSA) is 38.9 Å². The zero-order chi connectivity index (χ0) is 12.7. The van der Waals surface area contributed by atoms with Crippen molar-refractivity contribution in [3.05, 3.63) is 15.6 Å². The summed E-state index contributed by atoms with van der Waals surface area (Å²) in [6.07, 6.45) is 9.12. The Labute approximate surface area is 110 Å². The largest absolute Gasteiger partial charge is 0.323 e. The van der Waals surface area contributed by atoms with Crippen molar-refractivity contribution in [3.8, 4) is 0 Å². The summed E-state index contributed by atoms with van der Waals surface area (Å²) in [7, 11) is 0. The van der Waals surface area contributed by atoms with Crippen molar-refractivity contribution in [1.82, 2.24) is 4.98 Å². The van der Waals surface area contributed by atoms with Crippen molar-refractivity contribution in [2.24, 2.45) is 5.73 Å². The molecule has 0 aliphatic rings. The molecule has 0 saturated carbocycles. The highest BCUT2D eigenvalue weighted by molar-refractivity contribution is 7.11. The first-order valence-corrected chi connectivity index (χ1v) is 7.66. The second-order valence-electron chi connectivity index (χ2n) is 4.85. The van der Waals surface area contributed by atoms with E-state index in [1.807, 2.05) is 0 Å². The fraction of sp³-hybridized carbons (Fsp3) is 0.786. The maximum Gasteiger partial charge on any atom is 0.0900 e. The van der Waals surface area contributed by atoms with Crippen LogP contribution in [0.25, 0.3) is 0 Å². The Morgan fingerprint density at radius 3 is 2.35 bits per heavy atom. The fourth-order valence-corrected chi connectivity index (χ4v) is 3.13. The summed E-state index contributed by atoms with van der Waals surface area (Å²) in [4.78, 5) is 5.73. The summed E-state index contributed by atoms with van der Waals surface area (Å²) in [5.41, 5.74) is 7.35. The third-order valence-electron chi connectivity index (χ3n) is 3.14. The first kappa shape index (κ1) is 14.7. The number of hydrogen-bond donors (Lipinski definition) is 1. The number of thiazole rings is 1. The van der Waals surface area contributed by atoms with Gasteiger partial charge in [0.25, 0.3) is 0 Å². The average molecular weight is 254 g/mol. The summed E-state index contributed by atoms with van der Waals surface area (Å²) in [6.45, 7) is 6.38. The Morgan fingerprint density at radius 2 is 1.76 bits per heavy atom. The fourth-order valence-electron chi connectivity index (χ4n) is 2.17. The highest BCUT2D eigenvalue weighted by atomic mass is 32.1. The van der Waals surface area contributed by atoms with Gasteiger partial charge in [-0.3, -0.25) is 0 Å². The maximum absolute atomic E-state index is 6.22. The van der Waals surface area contributed by atoms with Gasteiger partial charge in [-0.25, -0.2) is 4.98 Å². The number of aryl methyl sites for hydroxylation is 2. The molecule has 3 heteroatoms. The SMILES string of the molecule is CCCCCCCCC(N)c1sc(C)nc1C. The lowest BCUT2D eigenvalue weighted by atomic mass is 10.0. The molecule has 1 rings (SSSR count). The van der Waals surface area contributed by atoms with Gasteiger partial charge < -0.3 is 5.73 Å². The molecule has 0 spiro atoms. The van der Waals surface area contributed by atoms with Crippen LogP contribution in [-0.4, -0.2) is 4.98 Å². The quantitative estimate of drug-likeness (QED) is 0.693. The van der Waals surface area contributed by atoms with Gasteiger partial charge in [0.15, 0.2) is 0 Å². The first-order chi connectivity index (χ1) is 8.15. The third kappa shape index (κ3) is 5.17. The lowest BCUT2D eigenvalue weighted by Crippen LogP contribution is -2.09. The van der Waals surface area contributed by atoms with Crippen LogP contribution in [0.2, 0.25) is 0 Å². The molecule has 0 bridgehead atoms. The molecule has 0 fully saturated rings. The van der Waals surface area contributed by atoms with Crippen LogP contribution in [0.1, 0.15) is 73.5 Å². The van der Waals surface area contributed by atoms with E-state index in [1.54, 1.807) is 11.3 Å². The molecule has 1 aromatic rings. The van der Waals surface area contributed by atoms with Gasteiger partial charge in [0.05, 0.1) is 10.7 Å². The van der Waals surface area contributed by atoms with Crippen molar-refractivity contribution in [2.75, 3.05) is 0 Å². The highest BCUT2D eigenvalue weighted by Gasteiger charge is 2.12. The predicted molar refractivity (Wildman–Crippen MR) is 76.5 cm³/mol. The molecule has 1 heterocycles. The number of nitrogens with zero attached hydrogens (tertiary/aromatic N) is 1. The van der Waals surface area contributed by atoms with E-state index >= 15 is 0 Å². The molecule has 2 N–H and O–H groups in total. The minimum absolute atomic E-state index is 0.201. The van der Waals surface area contributed by atoms with E-state index in [4.69, 9.17) is 5.73 Å². The summed E-state index contributed by atoms with van der Waals surface area (Å²) >= 11 is 1.76. The van der Waals surface area contributed by atoms with E-state index in [0.717, 1.165) is 17.1 Å². The van der Waals surface area contributed by atoms with Gasteiger partial charge in [-0.15, -0.1) is 11.3 Å². The van der Waals surface area contributed by atoms with Crippen molar-refractivity contribution in [1.29, 1.82) is 0 Å². The van der Waals surface area contributed by atoms with Gasteiger partial charge in [0, 0.05) is 10.9 Å². The molecule has 0 aliphatic carbocycles. The number of aromatic nitrogens is 1. The van der Waals surface area contributed by atoms with E-state index in [0.29, 0.717) is 0 Å². The molecule has 17 heavy (non-hydrogen) atoms. The lowest BCUT2D eigenvalue weighted by molar-refractivity contribution is 0.549. The lowest BCUT2D eigenvalue weighted by Gasteiger charge is -2.09. The van der Waals surface area contributed by atoms with E-state index in [1.165, 1.54) is 43.4 Å². The minimum atomic E-state index is 0.201. The van der Waals surface area contributed by atoms with Crippen LogP contribution in [0.3, 0.4) is 0 Å². The Balaban J connectivity index is 2.21. The molecule has 2 nitrogen and oxygen atoms in total. The van der Waals surface area contributed by atoms with Crippen LogP contribution in [0, 0.1) is 13.8 Å². The van der Waals surface area contributed by atoms with Crippen molar-refractivity contribution >= 4 is 11.3 Å². The van der Waals surface area contributed by atoms with Gasteiger partial charge in [0.2, 0.25) is 0 Å². The van der Waals surface area contributed by atoms with Crippen LogP contribution < -0.4 is 5.73 Å². The molecule has 1 atom stereocenters. The predicted octanol–water partition coefficient (Wildman–Crippen LogP) is 4.51. The number of unbranched alkanes of at least 4 members (excludes halogenated alkanes) is 5. The summed E-state index contributed by atoms with van der Waals surface area (Å²) in [5.74, 6) is 0. The highest BCUT2D eigenvalue weighted by Crippen LogP contribution is 2.26. The Bertz CT molecular complexity index is 320. The van der Waals surface area contributed by atoms with Gasteiger partial charge in [-0.05, 0) is 20.3 Å². The van der Waals surface area contributed by atoms with E-state index in [9.17, 15) is 0 Å². The van der Waals surface area contributed by atoms with Crippen LogP contribution in [-0.2, 0) is 0 Å². The molecular formula is C14H26N2S. The van der Waals surface area contributed by atoms with Crippen LogP contribution in [0.4, 0.5) is 0 Å². The Kier molecular flexibility index (Phi) is 6.75. The molecule has 0 radical (unpaired) electrons. The zero-order valence-electron chi connectivity index (χ0n) is 11.5. The van der Waals surface area contributed by atoms with Crippen molar-refractivity contribution in [3.63, 3.8) is 0 Å². The zero-order valence-corrected chi connectivity index (χ0v) is 12.3. The molecule has 0 aromatic carbocycles. The molecule has 0 amide bonds. The Morgan fingerprint density at radius 1 is 1.12 bits per heavy atom. The van der Waals surface area contributed by atoms with E-state index in [-0.39, 0.29) is 6.04 Å². The van der Waals surface area contributed by atoms with Gasteiger partial charge in [0.1, 0.15) is 0 Å². The average Bonchev–Trinajstić information content (AvgIpc) is 2.62. The molecular weight excluding hydrogens is 228 g/mol. The number of hydrogen-bond acceptors (Lipinski definition) is 3. The van der Waals surface area contributed by atoms with Gasteiger partial charge in [-0.2, -0.15) is 0 Å². The van der Waals surface area contributed by atoms with E-state index in [2.05, 4.69) is 25.8 Å². The van der Waals surface area contributed by atoms with Crippen molar-refractivity contribution in [2.45, 2.75) is 71.8 Å². The van der Waals surface area contributed by atoms with Crippen molar-refractivity contribution < 1.29 is 0 Å². The van der Waals surface area contributed by atoms with Crippen LogP contribution in [0.15, 0.2) is 0 Å². The number of rotatable bonds is 8. The molecule has 0 aliphatic heterocycles. The molecule has 1 aromatic heterocycles. The molecule has 1 unspecified atom stereocenters. The number of nitrogens with two attached hydrogens (primary N) is 1. The minimum Gasteiger partial charge on any atom is -0.323 e.